The predicted octanol–water partition coefficient (Wildman–Crippen LogP) is 1.40. The fourth-order valence-electron chi connectivity index (χ4n) is 1.37. The summed E-state index contributed by atoms with van der Waals surface area (Å²) in [6.07, 6.45) is 0.543. The zero-order chi connectivity index (χ0) is 11.0. The largest absolute Gasteiger partial charge is 0.294 e. The van der Waals surface area contributed by atoms with Gasteiger partial charge in [-0.1, -0.05) is 11.6 Å². The van der Waals surface area contributed by atoms with Gasteiger partial charge < -0.3 is 0 Å². The Morgan fingerprint density at radius 3 is 2.87 bits per heavy atom. The van der Waals surface area contributed by atoms with Crippen molar-refractivity contribution >= 4 is 28.8 Å². The summed E-state index contributed by atoms with van der Waals surface area (Å²) in [4.78, 5) is 26.4. The third-order valence-electron chi connectivity index (χ3n) is 2.18. The molecule has 0 bridgehead atoms. The topological polar surface area (TPSA) is 52.0 Å². The first-order valence-electron chi connectivity index (χ1n) is 4.25. The van der Waals surface area contributed by atoms with E-state index < -0.39 is 0 Å². The smallest absolute Gasteiger partial charge is 0.261 e. The predicted molar refractivity (Wildman–Crippen MR) is 57.4 cm³/mol. The number of rotatable bonds is 1. The van der Waals surface area contributed by atoms with Crippen LogP contribution < -0.4 is 5.56 Å². The molecule has 1 aromatic carbocycles. The van der Waals surface area contributed by atoms with Crippen molar-refractivity contribution in [1.82, 2.24) is 9.55 Å². The van der Waals surface area contributed by atoms with Crippen LogP contribution in [-0.4, -0.2) is 15.8 Å². The Bertz CT molecular complexity index is 604. The lowest BCUT2D eigenvalue weighted by Crippen LogP contribution is -2.21. The van der Waals surface area contributed by atoms with E-state index in [1.165, 1.54) is 11.6 Å². The highest BCUT2D eigenvalue weighted by molar-refractivity contribution is 6.31. The Morgan fingerprint density at radius 1 is 1.47 bits per heavy atom. The number of aldehydes is 1. The van der Waals surface area contributed by atoms with E-state index in [4.69, 9.17) is 11.6 Å². The number of hydrogen-bond donors (Lipinski definition) is 0. The standard InChI is InChI=1S/C10H7ClN2O2/c1-13-9(5-14)12-8-4-6(11)2-3-7(8)10(13)15/h2-5H,1H3. The molecule has 2 aromatic rings. The number of fused-ring (bicyclic) bond motifs is 1. The van der Waals surface area contributed by atoms with Crippen molar-refractivity contribution in [3.05, 3.63) is 39.4 Å². The second-order valence-corrected chi connectivity index (χ2v) is 3.55. The lowest BCUT2D eigenvalue weighted by atomic mass is 10.2. The van der Waals surface area contributed by atoms with Crippen molar-refractivity contribution in [2.24, 2.45) is 7.05 Å². The maximum atomic E-state index is 11.7. The van der Waals surface area contributed by atoms with Gasteiger partial charge in [-0.15, -0.1) is 0 Å². The number of hydrogen-bond acceptors (Lipinski definition) is 3. The molecule has 76 valence electrons. The molecule has 0 aliphatic heterocycles. The quantitative estimate of drug-likeness (QED) is 0.686. The van der Waals surface area contributed by atoms with E-state index in [0.717, 1.165) is 0 Å². The molecule has 0 saturated carbocycles. The molecular formula is C10H7ClN2O2. The van der Waals surface area contributed by atoms with Crippen molar-refractivity contribution in [3.63, 3.8) is 0 Å². The van der Waals surface area contributed by atoms with Gasteiger partial charge in [0, 0.05) is 12.1 Å². The molecule has 5 heteroatoms. The fourth-order valence-corrected chi connectivity index (χ4v) is 1.53. The Balaban J connectivity index is 2.97. The molecule has 0 saturated heterocycles. The van der Waals surface area contributed by atoms with Gasteiger partial charge in [-0.25, -0.2) is 4.98 Å². The highest BCUT2D eigenvalue weighted by Crippen LogP contribution is 2.14. The highest BCUT2D eigenvalue weighted by atomic mass is 35.5. The second kappa shape index (κ2) is 3.47. The molecule has 0 fully saturated rings. The molecule has 1 aromatic heterocycles. The van der Waals surface area contributed by atoms with Gasteiger partial charge in [0.1, 0.15) is 0 Å². The van der Waals surface area contributed by atoms with Gasteiger partial charge in [0.2, 0.25) is 0 Å². The Hall–Kier alpha value is -1.68. The van der Waals surface area contributed by atoms with Crippen LogP contribution in [0.3, 0.4) is 0 Å². The van der Waals surface area contributed by atoms with Crippen LogP contribution in [0.1, 0.15) is 10.6 Å². The fraction of sp³-hybridized carbons (Fsp3) is 0.100. The second-order valence-electron chi connectivity index (χ2n) is 3.11. The van der Waals surface area contributed by atoms with E-state index in [-0.39, 0.29) is 11.4 Å². The summed E-state index contributed by atoms with van der Waals surface area (Å²) in [5, 5.41) is 0.938. The number of halogens is 1. The first kappa shape index (κ1) is 9.86. The molecule has 0 atom stereocenters. The molecule has 0 aliphatic rings. The van der Waals surface area contributed by atoms with Gasteiger partial charge in [0.05, 0.1) is 10.9 Å². The summed E-state index contributed by atoms with van der Waals surface area (Å²) in [6.45, 7) is 0. The van der Waals surface area contributed by atoms with E-state index >= 15 is 0 Å². The average Bonchev–Trinajstić information content (AvgIpc) is 2.23. The van der Waals surface area contributed by atoms with E-state index in [1.54, 1.807) is 18.2 Å². The zero-order valence-electron chi connectivity index (χ0n) is 7.90. The van der Waals surface area contributed by atoms with E-state index in [9.17, 15) is 9.59 Å². The lowest BCUT2D eigenvalue weighted by Gasteiger charge is -2.03. The normalized spacial score (nSPS) is 10.5. The third-order valence-corrected chi connectivity index (χ3v) is 2.41. The van der Waals surface area contributed by atoms with Crippen LogP contribution in [0.4, 0.5) is 0 Å². The number of carbonyl (C=O) groups excluding carboxylic acids is 1. The third kappa shape index (κ3) is 1.53. The minimum absolute atomic E-state index is 0.0924. The summed E-state index contributed by atoms with van der Waals surface area (Å²) < 4.78 is 1.21. The van der Waals surface area contributed by atoms with Crippen molar-refractivity contribution in [2.45, 2.75) is 0 Å². The van der Waals surface area contributed by atoms with Gasteiger partial charge in [0.15, 0.2) is 12.1 Å². The molecule has 0 radical (unpaired) electrons. The van der Waals surface area contributed by atoms with E-state index in [0.29, 0.717) is 22.2 Å². The molecule has 0 amide bonds. The highest BCUT2D eigenvalue weighted by Gasteiger charge is 2.07. The van der Waals surface area contributed by atoms with Crippen LogP contribution in [0.25, 0.3) is 10.9 Å². The van der Waals surface area contributed by atoms with E-state index in [1.807, 2.05) is 0 Å². The lowest BCUT2D eigenvalue weighted by molar-refractivity contribution is 0.111. The molecule has 2 rings (SSSR count). The van der Waals surface area contributed by atoms with E-state index in [2.05, 4.69) is 4.98 Å². The van der Waals surface area contributed by atoms with Gasteiger partial charge in [-0.2, -0.15) is 0 Å². The first-order valence-corrected chi connectivity index (χ1v) is 4.63. The molecular weight excluding hydrogens is 216 g/mol. The summed E-state index contributed by atoms with van der Waals surface area (Å²) in [5.74, 6) is 0.0924. The molecule has 4 nitrogen and oxygen atoms in total. The number of aromatic nitrogens is 2. The Labute approximate surface area is 90.1 Å². The monoisotopic (exact) mass is 222 g/mol. The van der Waals surface area contributed by atoms with Crippen LogP contribution in [-0.2, 0) is 7.05 Å². The van der Waals surface area contributed by atoms with Crippen LogP contribution in [0.5, 0.6) is 0 Å². The minimum Gasteiger partial charge on any atom is -0.294 e. The zero-order valence-corrected chi connectivity index (χ0v) is 8.65. The maximum absolute atomic E-state index is 11.7. The van der Waals surface area contributed by atoms with Gasteiger partial charge in [-0.3, -0.25) is 14.2 Å². The molecule has 0 aliphatic carbocycles. The van der Waals surface area contributed by atoms with Crippen molar-refractivity contribution < 1.29 is 4.79 Å². The van der Waals surface area contributed by atoms with Crippen LogP contribution in [0.2, 0.25) is 5.02 Å². The summed E-state index contributed by atoms with van der Waals surface area (Å²) in [5.41, 5.74) is 0.187. The van der Waals surface area contributed by atoms with Crippen LogP contribution in [0, 0.1) is 0 Å². The Morgan fingerprint density at radius 2 is 2.20 bits per heavy atom. The molecule has 15 heavy (non-hydrogen) atoms. The SMILES string of the molecule is Cn1c(C=O)nc2cc(Cl)ccc2c1=O. The molecule has 0 N–H and O–H groups in total. The summed E-state index contributed by atoms with van der Waals surface area (Å²) in [7, 11) is 1.51. The van der Waals surface area contributed by atoms with Gasteiger partial charge in [-0.05, 0) is 18.2 Å². The van der Waals surface area contributed by atoms with Crippen LogP contribution >= 0.6 is 11.6 Å². The number of benzene rings is 1. The first-order chi connectivity index (χ1) is 7.13. The minimum atomic E-state index is -0.251. The van der Waals surface area contributed by atoms with Gasteiger partial charge in [0.25, 0.3) is 5.56 Å². The van der Waals surface area contributed by atoms with Crippen molar-refractivity contribution in [2.75, 3.05) is 0 Å². The molecule has 1 heterocycles. The molecule has 0 unspecified atom stereocenters. The number of carbonyl (C=O) groups is 1. The number of nitrogens with zero attached hydrogens (tertiary/aromatic N) is 2. The van der Waals surface area contributed by atoms with Crippen LogP contribution in [0.15, 0.2) is 23.0 Å². The molecule has 0 spiro atoms. The van der Waals surface area contributed by atoms with Gasteiger partial charge >= 0.3 is 0 Å². The summed E-state index contributed by atoms with van der Waals surface area (Å²) >= 11 is 5.77. The maximum Gasteiger partial charge on any atom is 0.261 e. The van der Waals surface area contributed by atoms with Crippen molar-refractivity contribution in [1.29, 1.82) is 0 Å². The average molecular weight is 223 g/mol. The van der Waals surface area contributed by atoms with Crippen molar-refractivity contribution in [3.8, 4) is 0 Å². The Kier molecular flexibility index (Phi) is 2.28. The summed E-state index contributed by atoms with van der Waals surface area (Å²) in [6, 6.07) is 4.78.